The zero-order valence-corrected chi connectivity index (χ0v) is 23.9. The summed E-state index contributed by atoms with van der Waals surface area (Å²) in [6.07, 6.45) is 0.409. The summed E-state index contributed by atoms with van der Waals surface area (Å²) in [6.45, 7) is 11.2. The van der Waals surface area contributed by atoms with E-state index in [2.05, 4.69) is 22.2 Å². The van der Waals surface area contributed by atoms with Crippen molar-refractivity contribution in [3.05, 3.63) is 65.2 Å². The third-order valence-corrected chi connectivity index (χ3v) is 7.65. The number of aromatic nitrogens is 1. The van der Waals surface area contributed by atoms with Gasteiger partial charge in [-0.15, -0.1) is 0 Å². The Hall–Kier alpha value is -4.17. The molecule has 0 unspecified atom stereocenters. The SMILES string of the molecule is Cc1c(NC(=O)CC(C)(C)C)cccc1-c1ccc(C(N)=O)c2[nH]c3cc(C(=O)N4CCN(C)CC4)ccc3c12. The minimum Gasteiger partial charge on any atom is -0.366 e. The Morgan fingerprint density at radius 1 is 0.975 bits per heavy atom. The average molecular weight is 540 g/mol. The van der Waals surface area contributed by atoms with E-state index < -0.39 is 5.91 Å². The van der Waals surface area contributed by atoms with E-state index in [1.54, 1.807) is 6.07 Å². The molecule has 3 amide bonds. The Labute approximate surface area is 234 Å². The molecule has 1 saturated heterocycles. The van der Waals surface area contributed by atoms with Gasteiger partial charge in [0.25, 0.3) is 11.8 Å². The molecule has 4 N–H and O–H groups in total. The van der Waals surface area contributed by atoms with Crippen molar-refractivity contribution in [3.63, 3.8) is 0 Å². The van der Waals surface area contributed by atoms with Crippen molar-refractivity contribution < 1.29 is 14.4 Å². The number of nitrogens with one attached hydrogen (secondary N) is 2. The van der Waals surface area contributed by atoms with Gasteiger partial charge >= 0.3 is 0 Å². The number of anilines is 1. The number of likely N-dealkylation sites (N-methyl/N-ethyl adjacent to an activating group) is 1. The van der Waals surface area contributed by atoms with Gasteiger partial charge in [-0.25, -0.2) is 0 Å². The van der Waals surface area contributed by atoms with Crippen molar-refractivity contribution in [2.75, 3.05) is 38.5 Å². The molecule has 0 spiro atoms. The van der Waals surface area contributed by atoms with E-state index in [4.69, 9.17) is 5.73 Å². The number of fused-ring (bicyclic) bond motifs is 3. The molecular formula is C32H37N5O3. The smallest absolute Gasteiger partial charge is 0.254 e. The molecule has 1 aliphatic rings. The highest BCUT2D eigenvalue weighted by Gasteiger charge is 2.23. The first-order valence-corrected chi connectivity index (χ1v) is 13.7. The first-order chi connectivity index (χ1) is 18.9. The molecule has 1 fully saturated rings. The van der Waals surface area contributed by atoms with Crippen LogP contribution in [0.2, 0.25) is 0 Å². The number of benzene rings is 3. The van der Waals surface area contributed by atoms with Crippen LogP contribution in [0.3, 0.4) is 0 Å². The number of hydrogen-bond acceptors (Lipinski definition) is 4. The van der Waals surface area contributed by atoms with Gasteiger partial charge in [-0.05, 0) is 60.3 Å². The van der Waals surface area contributed by atoms with E-state index in [9.17, 15) is 14.4 Å². The van der Waals surface area contributed by atoms with Gasteiger partial charge in [-0.3, -0.25) is 14.4 Å². The highest BCUT2D eigenvalue weighted by atomic mass is 16.2. The summed E-state index contributed by atoms with van der Waals surface area (Å²) < 4.78 is 0. The molecule has 0 bridgehead atoms. The standard InChI is InChI=1S/C32H37N5O3/c1-19-21(7-6-8-25(19)34-27(38)18-32(2,3)4)22-11-12-24(30(33)39)29-28(22)23-10-9-20(17-26(23)35-29)31(40)37-15-13-36(5)14-16-37/h6-12,17,35H,13-16,18H2,1-5H3,(H2,33,39)(H,34,38). The molecule has 4 aromatic rings. The van der Waals surface area contributed by atoms with Crippen molar-refractivity contribution >= 4 is 45.2 Å². The highest BCUT2D eigenvalue weighted by molar-refractivity contribution is 6.20. The van der Waals surface area contributed by atoms with Crippen LogP contribution in [0.4, 0.5) is 5.69 Å². The Balaban J connectivity index is 1.60. The van der Waals surface area contributed by atoms with Crippen LogP contribution in [-0.2, 0) is 4.79 Å². The third-order valence-electron chi connectivity index (χ3n) is 7.65. The maximum absolute atomic E-state index is 13.3. The largest absolute Gasteiger partial charge is 0.366 e. The maximum atomic E-state index is 13.3. The van der Waals surface area contributed by atoms with Crippen LogP contribution < -0.4 is 11.1 Å². The quantitative estimate of drug-likeness (QED) is 0.325. The van der Waals surface area contributed by atoms with Gasteiger partial charge in [0.1, 0.15) is 0 Å². The highest BCUT2D eigenvalue weighted by Crippen LogP contribution is 2.39. The monoisotopic (exact) mass is 539 g/mol. The van der Waals surface area contributed by atoms with Gasteiger partial charge in [0.05, 0.1) is 11.1 Å². The molecule has 1 aromatic heterocycles. The fourth-order valence-electron chi connectivity index (χ4n) is 5.51. The summed E-state index contributed by atoms with van der Waals surface area (Å²) >= 11 is 0. The minimum absolute atomic E-state index is 0.00134. The first kappa shape index (κ1) is 27.4. The number of rotatable bonds is 5. The summed E-state index contributed by atoms with van der Waals surface area (Å²) in [5.74, 6) is -0.568. The van der Waals surface area contributed by atoms with Crippen LogP contribution in [-0.4, -0.2) is 65.7 Å². The number of carbonyl (C=O) groups excluding carboxylic acids is 3. The van der Waals surface area contributed by atoms with E-state index in [0.29, 0.717) is 36.2 Å². The van der Waals surface area contributed by atoms with Gasteiger partial charge in [-0.1, -0.05) is 45.0 Å². The third kappa shape index (κ3) is 5.31. The van der Waals surface area contributed by atoms with Crippen molar-refractivity contribution in [1.82, 2.24) is 14.8 Å². The lowest BCUT2D eigenvalue weighted by Crippen LogP contribution is -2.47. The summed E-state index contributed by atoms with van der Waals surface area (Å²) in [5, 5.41) is 4.82. The predicted molar refractivity (Wildman–Crippen MR) is 161 cm³/mol. The van der Waals surface area contributed by atoms with Gasteiger partial charge in [0.15, 0.2) is 0 Å². The number of nitrogens with zero attached hydrogens (tertiary/aromatic N) is 2. The van der Waals surface area contributed by atoms with Crippen LogP contribution in [0.5, 0.6) is 0 Å². The summed E-state index contributed by atoms with van der Waals surface area (Å²) in [6, 6.07) is 15.1. The Morgan fingerprint density at radius 3 is 2.38 bits per heavy atom. The molecule has 40 heavy (non-hydrogen) atoms. The number of aromatic amines is 1. The number of carbonyl (C=O) groups is 3. The minimum atomic E-state index is -0.531. The van der Waals surface area contributed by atoms with Crippen LogP contribution in [0, 0.1) is 12.3 Å². The molecule has 0 saturated carbocycles. The maximum Gasteiger partial charge on any atom is 0.254 e. The molecule has 3 aromatic carbocycles. The van der Waals surface area contributed by atoms with Crippen molar-refractivity contribution in [1.29, 1.82) is 0 Å². The molecule has 208 valence electrons. The molecular weight excluding hydrogens is 502 g/mol. The van der Waals surface area contributed by atoms with Crippen LogP contribution in [0.25, 0.3) is 32.9 Å². The number of amides is 3. The topological polar surface area (TPSA) is 112 Å². The van der Waals surface area contributed by atoms with Crippen molar-refractivity contribution in [2.24, 2.45) is 11.1 Å². The Kier molecular flexibility index (Phi) is 7.14. The molecule has 5 rings (SSSR count). The zero-order valence-electron chi connectivity index (χ0n) is 23.9. The van der Waals surface area contributed by atoms with Gasteiger partial charge in [-0.2, -0.15) is 0 Å². The second-order valence-electron chi connectivity index (χ2n) is 12.0. The second-order valence-corrected chi connectivity index (χ2v) is 12.0. The van der Waals surface area contributed by atoms with Gasteiger partial charge < -0.3 is 25.8 Å². The number of H-pyrrole nitrogens is 1. The summed E-state index contributed by atoms with van der Waals surface area (Å²) in [7, 11) is 2.06. The lowest BCUT2D eigenvalue weighted by atomic mass is 9.91. The lowest BCUT2D eigenvalue weighted by Gasteiger charge is -2.32. The first-order valence-electron chi connectivity index (χ1n) is 13.7. The molecule has 8 nitrogen and oxygen atoms in total. The molecule has 8 heteroatoms. The van der Waals surface area contributed by atoms with Gasteiger partial charge in [0, 0.05) is 60.1 Å². The van der Waals surface area contributed by atoms with Crippen molar-refractivity contribution in [2.45, 2.75) is 34.1 Å². The van der Waals surface area contributed by atoms with E-state index in [1.807, 2.05) is 75.1 Å². The Morgan fingerprint density at radius 2 is 1.70 bits per heavy atom. The van der Waals surface area contributed by atoms with E-state index in [1.165, 1.54) is 0 Å². The molecule has 1 aliphatic heterocycles. The number of primary amides is 1. The number of nitrogens with two attached hydrogens (primary N) is 1. The van der Waals surface area contributed by atoms with Crippen LogP contribution >= 0.6 is 0 Å². The average Bonchev–Trinajstić information content (AvgIpc) is 3.27. The molecule has 2 heterocycles. The predicted octanol–water partition coefficient (Wildman–Crippen LogP) is 5.16. The summed E-state index contributed by atoms with van der Waals surface area (Å²) in [4.78, 5) is 45.9. The zero-order chi connectivity index (χ0) is 28.8. The normalized spacial score (nSPS) is 14.6. The fraction of sp³-hybridized carbons (Fsp3) is 0.344. The lowest BCUT2D eigenvalue weighted by molar-refractivity contribution is -0.117. The summed E-state index contributed by atoms with van der Waals surface area (Å²) in [5.41, 5.74) is 11.5. The van der Waals surface area contributed by atoms with Gasteiger partial charge in [0.2, 0.25) is 5.91 Å². The number of hydrogen-bond donors (Lipinski definition) is 3. The van der Waals surface area contributed by atoms with Crippen LogP contribution in [0.1, 0.15) is 53.5 Å². The van der Waals surface area contributed by atoms with Crippen LogP contribution in [0.15, 0.2) is 48.5 Å². The Bertz CT molecular complexity index is 1640. The molecule has 0 radical (unpaired) electrons. The van der Waals surface area contributed by atoms with E-state index >= 15 is 0 Å². The second kappa shape index (κ2) is 10.4. The molecule has 0 atom stereocenters. The van der Waals surface area contributed by atoms with E-state index in [0.717, 1.165) is 51.8 Å². The number of piperazine rings is 1. The fourth-order valence-corrected chi connectivity index (χ4v) is 5.51. The van der Waals surface area contributed by atoms with E-state index in [-0.39, 0.29) is 17.2 Å². The van der Waals surface area contributed by atoms with Crippen molar-refractivity contribution in [3.8, 4) is 11.1 Å². The molecule has 0 aliphatic carbocycles.